The lowest BCUT2D eigenvalue weighted by atomic mass is 10.0. The average molecular weight is 255 g/mol. The van der Waals surface area contributed by atoms with E-state index in [2.05, 4.69) is 28.9 Å². The van der Waals surface area contributed by atoms with Gasteiger partial charge in [0.05, 0.1) is 12.0 Å². The second kappa shape index (κ2) is 7.48. The van der Waals surface area contributed by atoms with Crippen LogP contribution in [0.2, 0.25) is 0 Å². The Morgan fingerprint density at radius 3 is 2.50 bits per heavy atom. The molecule has 1 N–H and O–H groups in total. The van der Waals surface area contributed by atoms with Crippen LogP contribution in [0.4, 0.5) is 0 Å². The van der Waals surface area contributed by atoms with Crippen LogP contribution in [0.1, 0.15) is 51.7 Å². The number of aliphatic hydroxyl groups is 1. The lowest BCUT2D eigenvalue weighted by molar-refractivity contribution is 0.129. The molecule has 2 unspecified atom stereocenters. The molecule has 1 heterocycles. The fourth-order valence-corrected chi connectivity index (χ4v) is 1.87. The molecule has 1 rings (SSSR count). The van der Waals surface area contributed by atoms with Gasteiger partial charge in [0.1, 0.15) is 0 Å². The molecular formula is C13H25N3O2. The first-order chi connectivity index (χ1) is 8.62. The van der Waals surface area contributed by atoms with Crippen LogP contribution < -0.4 is 0 Å². The van der Waals surface area contributed by atoms with Crippen LogP contribution in [0.15, 0.2) is 4.52 Å². The van der Waals surface area contributed by atoms with Gasteiger partial charge in [-0.25, -0.2) is 0 Å². The molecule has 0 amide bonds. The van der Waals surface area contributed by atoms with E-state index in [1.165, 1.54) is 0 Å². The molecule has 0 radical (unpaired) electrons. The van der Waals surface area contributed by atoms with E-state index in [4.69, 9.17) is 4.52 Å². The third kappa shape index (κ3) is 4.07. The van der Waals surface area contributed by atoms with Gasteiger partial charge in [-0.1, -0.05) is 32.9 Å². The zero-order chi connectivity index (χ0) is 13.5. The Bertz CT molecular complexity index is 337. The number of rotatable bonds is 8. The van der Waals surface area contributed by atoms with Crippen molar-refractivity contribution in [1.82, 2.24) is 15.0 Å². The number of hydrogen-bond donors (Lipinski definition) is 1. The van der Waals surface area contributed by atoms with Crippen molar-refractivity contribution < 1.29 is 9.63 Å². The van der Waals surface area contributed by atoms with Crippen LogP contribution >= 0.6 is 0 Å². The molecule has 18 heavy (non-hydrogen) atoms. The molecule has 104 valence electrons. The van der Waals surface area contributed by atoms with E-state index in [0.717, 1.165) is 31.9 Å². The maximum absolute atomic E-state index is 9.75. The van der Waals surface area contributed by atoms with Crippen molar-refractivity contribution >= 4 is 0 Å². The quantitative estimate of drug-likeness (QED) is 0.768. The lowest BCUT2D eigenvalue weighted by Gasteiger charge is -2.16. The molecule has 0 aromatic carbocycles. The van der Waals surface area contributed by atoms with E-state index in [9.17, 15) is 5.11 Å². The van der Waals surface area contributed by atoms with Gasteiger partial charge in [0.25, 0.3) is 0 Å². The van der Waals surface area contributed by atoms with Gasteiger partial charge in [-0.15, -0.1) is 0 Å². The van der Waals surface area contributed by atoms with Crippen molar-refractivity contribution in [2.45, 2.75) is 52.6 Å². The smallest absolute Gasteiger partial charge is 0.232 e. The highest BCUT2D eigenvalue weighted by molar-refractivity contribution is 4.95. The number of aromatic nitrogens is 2. The van der Waals surface area contributed by atoms with Gasteiger partial charge in [0.15, 0.2) is 5.82 Å². The van der Waals surface area contributed by atoms with Gasteiger partial charge >= 0.3 is 0 Å². The van der Waals surface area contributed by atoms with Crippen LogP contribution in [0.5, 0.6) is 0 Å². The summed E-state index contributed by atoms with van der Waals surface area (Å²) in [5.41, 5.74) is 0. The molecule has 5 nitrogen and oxygen atoms in total. The summed E-state index contributed by atoms with van der Waals surface area (Å²) in [5.74, 6) is 1.18. The monoisotopic (exact) mass is 255 g/mol. The molecule has 0 saturated carbocycles. The molecule has 5 heteroatoms. The SMILES string of the molecule is CCC(O)C(C)c1nc(CCN(CC)CC)no1. The fraction of sp³-hybridized carbons (Fsp3) is 0.846. The summed E-state index contributed by atoms with van der Waals surface area (Å²) in [5, 5.41) is 13.7. The number of likely N-dealkylation sites (N-methyl/N-ethyl adjacent to an activating group) is 1. The van der Waals surface area contributed by atoms with E-state index in [0.29, 0.717) is 12.3 Å². The summed E-state index contributed by atoms with van der Waals surface area (Å²) in [6.45, 7) is 11.2. The third-order valence-corrected chi connectivity index (χ3v) is 3.41. The molecule has 0 fully saturated rings. The Hall–Kier alpha value is -0.940. The molecule has 2 atom stereocenters. The van der Waals surface area contributed by atoms with E-state index >= 15 is 0 Å². The summed E-state index contributed by atoms with van der Waals surface area (Å²) in [6, 6.07) is 0. The van der Waals surface area contributed by atoms with Crippen molar-refractivity contribution in [3.8, 4) is 0 Å². The molecule has 1 aromatic heterocycles. The number of nitrogens with zero attached hydrogens (tertiary/aromatic N) is 3. The van der Waals surface area contributed by atoms with Crippen LogP contribution in [-0.2, 0) is 6.42 Å². The zero-order valence-electron chi connectivity index (χ0n) is 11.9. The van der Waals surface area contributed by atoms with Crippen LogP contribution in [0.25, 0.3) is 0 Å². The minimum atomic E-state index is -0.416. The molecule has 0 aliphatic carbocycles. The van der Waals surface area contributed by atoms with Gasteiger partial charge in [-0.3, -0.25) is 0 Å². The molecule has 0 spiro atoms. The first-order valence-corrected chi connectivity index (χ1v) is 6.85. The summed E-state index contributed by atoms with van der Waals surface area (Å²) in [7, 11) is 0. The fourth-order valence-electron chi connectivity index (χ4n) is 1.87. The Morgan fingerprint density at radius 1 is 1.28 bits per heavy atom. The average Bonchev–Trinajstić information content (AvgIpc) is 2.87. The molecule has 0 aliphatic heterocycles. The molecule has 0 bridgehead atoms. The van der Waals surface area contributed by atoms with Crippen molar-refractivity contribution in [2.24, 2.45) is 0 Å². The predicted molar refractivity (Wildman–Crippen MR) is 70.5 cm³/mol. The van der Waals surface area contributed by atoms with E-state index < -0.39 is 6.10 Å². The van der Waals surface area contributed by atoms with E-state index in [1.807, 2.05) is 13.8 Å². The first kappa shape index (κ1) is 15.1. The van der Waals surface area contributed by atoms with Crippen molar-refractivity contribution in [1.29, 1.82) is 0 Å². The highest BCUT2D eigenvalue weighted by Gasteiger charge is 2.20. The van der Waals surface area contributed by atoms with Crippen LogP contribution in [-0.4, -0.2) is 45.9 Å². The number of hydrogen-bond acceptors (Lipinski definition) is 5. The summed E-state index contributed by atoms with van der Waals surface area (Å²) in [6.07, 6.45) is 1.07. The Morgan fingerprint density at radius 2 is 1.94 bits per heavy atom. The summed E-state index contributed by atoms with van der Waals surface area (Å²) in [4.78, 5) is 6.68. The van der Waals surface area contributed by atoms with Gasteiger partial charge < -0.3 is 14.5 Å². The van der Waals surface area contributed by atoms with Crippen molar-refractivity contribution in [3.63, 3.8) is 0 Å². The Balaban J connectivity index is 2.52. The largest absolute Gasteiger partial charge is 0.392 e. The molecule has 0 aliphatic rings. The van der Waals surface area contributed by atoms with Crippen LogP contribution in [0, 0.1) is 0 Å². The van der Waals surface area contributed by atoms with Crippen molar-refractivity contribution in [3.05, 3.63) is 11.7 Å². The first-order valence-electron chi connectivity index (χ1n) is 6.85. The zero-order valence-corrected chi connectivity index (χ0v) is 11.9. The number of aliphatic hydroxyl groups excluding tert-OH is 1. The maximum Gasteiger partial charge on any atom is 0.232 e. The molecule has 1 aromatic rings. The van der Waals surface area contributed by atoms with E-state index in [1.54, 1.807) is 0 Å². The van der Waals surface area contributed by atoms with Gasteiger partial charge in [0, 0.05) is 13.0 Å². The van der Waals surface area contributed by atoms with Gasteiger partial charge in [0.2, 0.25) is 5.89 Å². The Kier molecular flexibility index (Phi) is 6.29. The van der Waals surface area contributed by atoms with E-state index in [-0.39, 0.29) is 5.92 Å². The van der Waals surface area contributed by atoms with Gasteiger partial charge in [-0.05, 0) is 19.5 Å². The van der Waals surface area contributed by atoms with Gasteiger partial charge in [-0.2, -0.15) is 4.98 Å². The normalized spacial score (nSPS) is 15.0. The minimum Gasteiger partial charge on any atom is -0.392 e. The standard InChI is InChI=1S/C13H25N3O2/c1-5-11(17)10(4)13-14-12(15-18-13)8-9-16(6-2)7-3/h10-11,17H,5-9H2,1-4H3. The molecule has 0 saturated heterocycles. The van der Waals surface area contributed by atoms with Crippen molar-refractivity contribution in [2.75, 3.05) is 19.6 Å². The second-order valence-electron chi connectivity index (χ2n) is 4.59. The second-order valence-corrected chi connectivity index (χ2v) is 4.59. The van der Waals surface area contributed by atoms with Crippen LogP contribution in [0.3, 0.4) is 0 Å². The Labute approximate surface area is 109 Å². The highest BCUT2D eigenvalue weighted by atomic mass is 16.5. The highest BCUT2D eigenvalue weighted by Crippen LogP contribution is 2.19. The topological polar surface area (TPSA) is 62.4 Å². The predicted octanol–water partition coefficient (Wildman–Crippen LogP) is 1.83. The summed E-state index contributed by atoms with van der Waals surface area (Å²) >= 11 is 0. The lowest BCUT2D eigenvalue weighted by Crippen LogP contribution is -2.25. The minimum absolute atomic E-state index is 0.0929. The summed E-state index contributed by atoms with van der Waals surface area (Å²) < 4.78 is 5.21. The third-order valence-electron chi connectivity index (χ3n) is 3.41. The maximum atomic E-state index is 9.75. The molecular weight excluding hydrogens is 230 g/mol.